The summed E-state index contributed by atoms with van der Waals surface area (Å²) in [6.07, 6.45) is 0.881. The molecule has 1 N–H and O–H groups in total. The second-order valence-electron chi connectivity index (χ2n) is 4.46. The fourth-order valence-corrected chi connectivity index (χ4v) is 2.03. The van der Waals surface area contributed by atoms with E-state index in [2.05, 4.69) is 5.32 Å². The summed E-state index contributed by atoms with van der Waals surface area (Å²) in [6, 6.07) is 5.63. The molecular weight excluding hydrogens is 250 g/mol. The highest BCUT2D eigenvalue weighted by Crippen LogP contribution is 2.30. The quantitative estimate of drug-likeness (QED) is 0.914. The van der Waals surface area contributed by atoms with Crippen molar-refractivity contribution in [1.82, 2.24) is 5.32 Å². The van der Waals surface area contributed by atoms with Crippen molar-refractivity contribution >= 4 is 28.5 Å². The summed E-state index contributed by atoms with van der Waals surface area (Å²) in [4.78, 5) is 12.1. The van der Waals surface area contributed by atoms with Gasteiger partial charge in [-0.1, -0.05) is 30.7 Å². The van der Waals surface area contributed by atoms with Crippen LogP contribution in [0.2, 0.25) is 5.02 Å². The van der Waals surface area contributed by atoms with E-state index in [4.69, 9.17) is 16.0 Å². The van der Waals surface area contributed by atoms with E-state index in [1.807, 2.05) is 32.9 Å². The number of nitrogens with one attached hydrogen (secondary N) is 1. The van der Waals surface area contributed by atoms with E-state index in [1.54, 1.807) is 6.07 Å². The summed E-state index contributed by atoms with van der Waals surface area (Å²) in [5.74, 6) is 0.160. The summed E-state index contributed by atoms with van der Waals surface area (Å²) >= 11 is 6.05. The molecule has 0 saturated carbocycles. The lowest BCUT2D eigenvalue weighted by molar-refractivity contribution is 0.0912. The van der Waals surface area contributed by atoms with Crippen LogP contribution in [-0.2, 0) is 0 Å². The third-order valence-corrected chi connectivity index (χ3v) is 3.41. The highest BCUT2D eigenvalue weighted by molar-refractivity contribution is 6.35. The normalized spacial score (nSPS) is 12.7. The van der Waals surface area contributed by atoms with Crippen molar-refractivity contribution in [3.8, 4) is 0 Å². The smallest absolute Gasteiger partial charge is 0.287 e. The first kappa shape index (κ1) is 13.0. The van der Waals surface area contributed by atoms with Gasteiger partial charge < -0.3 is 9.73 Å². The van der Waals surface area contributed by atoms with Crippen LogP contribution in [0.15, 0.2) is 22.6 Å². The minimum Gasteiger partial charge on any atom is -0.449 e. The first-order valence-electron chi connectivity index (χ1n) is 6.03. The van der Waals surface area contributed by atoms with E-state index in [0.717, 1.165) is 17.4 Å². The number of halogens is 1. The molecule has 1 atom stereocenters. The van der Waals surface area contributed by atoms with Crippen LogP contribution in [0.25, 0.3) is 11.0 Å². The SMILES string of the molecule is CCC(C)NC(=O)c1oc2c(Cl)cccc2c1C. The molecule has 3 nitrogen and oxygen atoms in total. The number of carbonyl (C=O) groups excluding carboxylic acids is 1. The van der Waals surface area contributed by atoms with Crippen LogP contribution >= 0.6 is 11.6 Å². The molecule has 1 amide bonds. The van der Waals surface area contributed by atoms with Crippen molar-refractivity contribution in [2.45, 2.75) is 33.2 Å². The van der Waals surface area contributed by atoms with E-state index >= 15 is 0 Å². The van der Waals surface area contributed by atoms with Gasteiger partial charge >= 0.3 is 0 Å². The average molecular weight is 266 g/mol. The van der Waals surface area contributed by atoms with Gasteiger partial charge in [0.15, 0.2) is 11.3 Å². The molecule has 4 heteroatoms. The first-order valence-corrected chi connectivity index (χ1v) is 6.40. The first-order chi connectivity index (χ1) is 8.54. The van der Waals surface area contributed by atoms with E-state index < -0.39 is 0 Å². The number of benzene rings is 1. The second kappa shape index (κ2) is 5.02. The van der Waals surface area contributed by atoms with Gasteiger partial charge in [-0.05, 0) is 26.3 Å². The predicted molar refractivity (Wildman–Crippen MR) is 73.2 cm³/mol. The van der Waals surface area contributed by atoms with Crippen LogP contribution in [0, 0.1) is 6.92 Å². The summed E-state index contributed by atoms with van der Waals surface area (Å²) in [6.45, 7) is 5.85. The number of carbonyl (C=O) groups is 1. The van der Waals surface area contributed by atoms with Crippen LogP contribution in [0.4, 0.5) is 0 Å². The fourth-order valence-electron chi connectivity index (χ4n) is 1.82. The van der Waals surface area contributed by atoms with Crippen molar-refractivity contribution in [2.75, 3.05) is 0 Å². The highest BCUT2D eigenvalue weighted by Gasteiger charge is 2.19. The highest BCUT2D eigenvalue weighted by atomic mass is 35.5. The Labute approximate surface area is 111 Å². The van der Waals surface area contributed by atoms with Crippen LogP contribution in [0.1, 0.15) is 36.4 Å². The van der Waals surface area contributed by atoms with Gasteiger partial charge in [0.1, 0.15) is 0 Å². The molecule has 2 rings (SSSR count). The largest absolute Gasteiger partial charge is 0.449 e. The summed E-state index contributed by atoms with van der Waals surface area (Å²) in [7, 11) is 0. The number of hydrogen-bond acceptors (Lipinski definition) is 2. The summed E-state index contributed by atoms with van der Waals surface area (Å²) in [5, 5.41) is 4.30. The van der Waals surface area contributed by atoms with E-state index in [9.17, 15) is 4.79 Å². The number of para-hydroxylation sites is 1. The van der Waals surface area contributed by atoms with Crippen LogP contribution < -0.4 is 5.32 Å². The second-order valence-corrected chi connectivity index (χ2v) is 4.86. The Morgan fingerprint density at radius 3 is 2.83 bits per heavy atom. The zero-order valence-corrected chi connectivity index (χ0v) is 11.5. The molecule has 1 aromatic carbocycles. The van der Waals surface area contributed by atoms with Gasteiger partial charge in [0.25, 0.3) is 5.91 Å². The molecule has 96 valence electrons. The number of aryl methyl sites for hydroxylation is 1. The van der Waals surface area contributed by atoms with Crippen molar-refractivity contribution in [3.63, 3.8) is 0 Å². The monoisotopic (exact) mass is 265 g/mol. The lowest BCUT2D eigenvalue weighted by atomic mass is 10.1. The van der Waals surface area contributed by atoms with E-state index in [-0.39, 0.29) is 11.9 Å². The molecule has 0 spiro atoms. The maximum absolute atomic E-state index is 12.1. The number of rotatable bonds is 3. The molecule has 0 saturated heterocycles. The van der Waals surface area contributed by atoms with Gasteiger partial charge in [0.05, 0.1) is 5.02 Å². The van der Waals surface area contributed by atoms with Crippen molar-refractivity contribution in [3.05, 3.63) is 34.5 Å². The maximum Gasteiger partial charge on any atom is 0.287 e. The standard InChI is InChI=1S/C14H16ClNO2/c1-4-8(2)16-14(17)12-9(3)10-6-5-7-11(15)13(10)18-12/h5-8H,4H2,1-3H3,(H,16,17). The Bertz CT molecular complexity index is 589. The molecule has 1 unspecified atom stereocenters. The number of amides is 1. The summed E-state index contributed by atoms with van der Waals surface area (Å²) in [5.41, 5.74) is 1.40. The Balaban J connectivity index is 2.43. The van der Waals surface area contributed by atoms with Gasteiger partial charge in [-0.3, -0.25) is 4.79 Å². The van der Waals surface area contributed by atoms with Gasteiger partial charge in [0.2, 0.25) is 0 Å². The lowest BCUT2D eigenvalue weighted by Crippen LogP contribution is -2.32. The van der Waals surface area contributed by atoms with Crippen LogP contribution in [0.5, 0.6) is 0 Å². The van der Waals surface area contributed by atoms with Gasteiger partial charge in [-0.25, -0.2) is 0 Å². The Hall–Kier alpha value is -1.48. The average Bonchev–Trinajstić information content (AvgIpc) is 2.69. The molecule has 0 bridgehead atoms. The van der Waals surface area contributed by atoms with E-state index in [0.29, 0.717) is 16.4 Å². The minimum absolute atomic E-state index is 0.126. The Kier molecular flexibility index (Phi) is 3.62. The number of furan rings is 1. The molecule has 0 aliphatic carbocycles. The molecule has 0 aliphatic rings. The third kappa shape index (κ3) is 2.23. The van der Waals surface area contributed by atoms with Gasteiger partial charge in [-0.15, -0.1) is 0 Å². The zero-order valence-electron chi connectivity index (χ0n) is 10.7. The Morgan fingerprint density at radius 1 is 1.50 bits per heavy atom. The van der Waals surface area contributed by atoms with Crippen LogP contribution in [0.3, 0.4) is 0 Å². The number of hydrogen-bond donors (Lipinski definition) is 1. The minimum atomic E-state index is -0.186. The molecule has 18 heavy (non-hydrogen) atoms. The van der Waals surface area contributed by atoms with Gasteiger partial charge in [-0.2, -0.15) is 0 Å². The molecule has 0 radical (unpaired) electrons. The van der Waals surface area contributed by atoms with Crippen molar-refractivity contribution < 1.29 is 9.21 Å². The lowest BCUT2D eigenvalue weighted by Gasteiger charge is -2.09. The summed E-state index contributed by atoms with van der Waals surface area (Å²) < 4.78 is 5.59. The molecule has 1 heterocycles. The topological polar surface area (TPSA) is 42.2 Å². The third-order valence-electron chi connectivity index (χ3n) is 3.11. The molecule has 1 aromatic heterocycles. The van der Waals surface area contributed by atoms with Crippen molar-refractivity contribution in [2.24, 2.45) is 0 Å². The zero-order chi connectivity index (χ0) is 13.3. The van der Waals surface area contributed by atoms with Crippen molar-refractivity contribution in [1.29, 1.82) is 0 Å². The Morgan fingerprint density at radius 2 is 2.22 bits per heavy atom. The number of fused-ring (bicyclic) bond motifs is 1. The molecule has 0 fully saturated rings. The molecule has 2 aromatic rings. The maximum atomic E-state index is 12.1. The van der Waals surface area contributed by atoms with E-state index in [1.165, 1.54) is 0 Å². The molecule has 0 aliphatic heterocycles. The fraction of sp³-hybridized carbons (Fsp3) is 0.357. The predicted octanol–water partition coefficient (Wildman–Crippen LogP) is 3.92. The van der Waals surface area contributed by atoms with Crippen LogP contribution in [-0.4, -0.2) is 11.9 Å². The van der Waals surface area contributed by atoms with Gasteiger partial charge in [0, 0.05) is 17.0 Å². The molecular formula is C14H16ClNO2.